The van der Waals surface area contributed by atoms with Gasteiger partial charge in [-0.25, -0.2) is 9.97 Å². The van der Waals surface area contributed by atoms with Crippen LogP contribution in [0.25, 0.3) is 11.4 Å². The van der Waals surface area contributed by atoms with Gasteiger partial charge in [0, 0.05) is 18.7 Å². The van der Waals surface area contributed by atoms with Crippen LogP contribution in [0.2, 0.25) is 0 Å². The van der Waals surface area contributed by atoms with Crippen molar-refractivity contribution in [3.05, 3.63) is 41.7 Å². The Morgan fingerprint density at radius 1 is 1.26 bits per heavy atom. The second-order valence-electron chi connectivity index (χ2n) is 4.44. The number of anilines is 1. The first-order valence-corrected chi connectivity index (χ1v) is 6.62. The van der Waals surface area contributed by atoms with Gasteiger partial charge in [0.05, 0.1) is 17.6 Å². The van der Waals surface area contributed by atoms with Crippen molar-refractivity contribution < 1.29 is 0 Å². The van der Waals surface area contributed by atoms with Gasteiger partial charge in [0.2, 0.25) is 0 Å². The van der Waals surface area contributed by atoms with Crippen molar-refractivity contribution in [3.8, 4) is 11.4 Å². The lowest BCUT2D eigenvalue weighted by atomic mass is 10.1. The highest BCUT2D eigenvalue weighted by Crippen LogP contribution is 2.22. The van der Waals surface area contributed by atoms with Gasteiger partial charge in [0.15, 0.2) is 5.82 Å². The summed E-state index contributed by atoms with van der Waals surface area (Å²) in [5.74, 6) is 0.785. The lowest BCUT2D eigenvalue weighted by Crippen LogP contribution is -2.15. The predicted molar refractivity (Wildman–Crippen MR) is 79.1 cm³/mol. The van der Waals surface area contributed by atoms with Crippen LogP contribution >= 0.6 is 0 Å². The SMILES string of the molecule is CCc1nc(-c2ccccc2C)ncc1NCCN. The fourth-order valence-electron chi connectivity index (χ4n) is 1.99. The molecule has 0 bridgehead atoms. The van der Waals surface area contributed by atoms with Crippen LogP contribution in [0.15, 0.2) is 30.5 Å². The van der Waals surface area contributed by atoms with E-state index in [0.29, 0.717) is 6.54 Å². The topological polar surface area (TPSA) is 63.8 Å². The largest absolute Gasteiger partial charge is 0.381 e. The van der Waals surface area contributed by atoms with Crippen molar-refractivity contribution in [2.24, 2.45) is 5.73 Å². The molecule has 4 nitrogen and oxygen atoms in total. The van der Waals surface area contributed by atoms with E-state index in [1.165, 1.54) is 5.56 Å². The van der Waals surface area contributed by atoms with E-state index in [0.717, 1.165) is 35.7 Å². The number of nitrogens with one attached hydrogen (secondary N) is 1. The normalized spacial score (nSPS) is 10.5. The molecule has 0 spiro atoms. The molecule has 0 fully saturated rings. The molecular weight excluding hydrogens is 236 g/mol. The van der Waals surface area contributed by atoms with Gasteiger partial charge >= 0.3 is 0 Å². The van der Waals surface area contributed by atoms with Crippen molar-refractivity contribution in [1.82, 2.24) is 9.97 Å². The van der Waals surface area contributed by atoms with E-state index in [-0.39, 0.29) is 0 Å². The Labute approximate surface area is 114 Å². The molecule has 2 aromatic rings. The molecule has 0 aliphatic rings. The molecule has 2 rings (SSSR count). The van der Waals surface area contributed by atoms with Gasteiger partial charge in [-0.2, -0.15) is 0 Å². The van der Waals surface area contributed by atoms with Crippen molar-refractivity contribution in [3.63, 3.8) is 0 Å². The van der Waals surface area contributed by atoms with E-state index >= 15 is 0 Å². The van der Waals surface area contributed by atoms with Crippen LogP contribution in [0.3, 0.4) is 0 Å². The average Bonchev–Trinajstić information content (AvgIpc) is 2.45. The zero-order chi connectivity index (χ0) is 13.7. The minimum atomic E-state index is 0.600. The molecule has 19 heavy (non-hydrogen) atoms. The van der Waals surface area contributed by atoms with Crippen molar-refractivity contribution in [2.45, 2.75) is 20.3 Å². The van der Waals surface area contributed by atoms with E-state index in [1.54, 1.807) is 0 Å². The standard InChI is InChI=1S/C15H20N4/c1-3-13-14(17-9-8-16)10-18-15(19-13)12-7-5-4-6-11(12)2/h4-7,10,17H,3,8-9,16H2,1-2H3. The third kappa shape index (κ3) is 3.09. The summed E-state index contributed by atoms with van der Waals surface area (Å²) in [6.45, 7) is 5.51. The molecule has 4 heteroatoms. The number of nitrogens with two attached hydrogens (primary N) is 1. The van der Waals surface area contributed by atoms with Crippen molar-refractivity contribution in [2.75, 3.05) is 18.4 Å². The number of nitrogens with zero attached hydrogens (tertiary/aromatic N) is 2. The molecular formula is C15H20N4. The number of hydrogen-bond donors (Lipinski definition) is 2. The summed E-state index contributed by atoms with van der Waals surface area (Å²) in [6.07, 6.45) is 2.72. The van der Waals surface area contributed by atoms with Gasteiger partial charge in [-0.05, 0) is 18.9 Å². The highest BCUT2D eigenvalue weighted by molar-refractivity contribution is 5.61. The minimum Gasteiger partial charge on any atom is -0.381 e. The molecule has 0 atom stereocenters. The molecule has 100 valence electrons. The Hall–Kier alpha value is -1.94. The van der Waals surface area contributed by atoms with E-state index in [2.05, 4.69) is 41.3 Å². The van der Waals surface area contributed by atoms with E-state index < -0.39 is 0 Å². The average molecular weight is 256 g/mol. The van der Waals surface area contributed by atoms with Crippen molar-refractivity contribution >= 4 is 5.69 Å². The molecule has 0 aliphatic carbocycles. The monoisotopic (exact) mass is 256 g/mol. The summed E-state index contributed by atoms with van der Waals surface area (Å²) in [5.41, 5.74) is 9.78. The van der Waals surface area contributed by atoms with E-state index in [4.69, 9.17) is 5.73 Å². The third-order valence-corrected chi connectivity index (χ3v) is 3.05. The quantitative estimate of drug-likeness (QED) is 0.862. The summed E-state index contributed by atoms with van der Waals surface area (Å²) in [4.78, 5) is 9.12. The van der Waals surface area contributed by atoms with Crippen LogP contribution < -0.4 is 11.1 Å². The van der Waals surface area contributed by atoms with Gasteiger partial charge in [-0.15, -0.1) is 0 Å². The van der Waals surface area contributed by atoms with Crippen LogP contribution in [-0.4, -0.2) is 23.1 Å². The molecule has 3 N–H and O–H groups in total. The number of rotatable bonds is 5. The minimum absolute atomic E-state index is 0.600. The zero-order valence-electron chi connectivity index (χ0n) is 11.5. The van der Waals surface area contributed by atoms with Crippen LogP contribution in [-0.2, 0) is 6.42 Å². The van der Waals surface area contributed by atoms with Gasteiger partial charge in [0.25, 0.3) is 0 Å². The summed E-state index contributed by atoms with van der Waals surface area (Å²) >= 11 is 0. The van der Waals surface area contributed by atoms with Gasteiger partial charge < -0.3 is 11.1 Å². The Kier molecular flexibility index (Phi) is 4.47. The Balaban J connectivity index is 2.36. The smallest absolute Gasteiger partial charge is 0.159 e. The summed E-state index contributed by atoms with van der Waals surface area (Å²) in [7, 11) is 0. The Bertz CT molecular complexity index is 552. The Morgan fingerprint density at radius 3 is 2.74 bits per heavy atom. The van der Waals surface area contributed by atoms with Crippen molar-refractivity contribution in [1.29, 1.82) is 0 Å². The zero-order valence-corrected chi connectivity index (χ0v) is 11.5. The van der Waals surface area contributed by atoms with Crippen LogP contribution in [0.1, 0.15) is 18.2 Å². The Morgan fingerprint density at radius 2 is 2.05 bits per heavy atom. The first kappa shape index (κ1) is 13.5. The molecule has 1 aromatic carbocycles. The highest BCUT2D eigenvalue weighted by Gasteiger charge is 2.08. The molecule has 1 aromatic heterocycles. The lowest BCUT2D eigenvalue weighted by Gasteiger charge is -2.11. The lowest BCUT2D eigenvalue weighted by molar-refractivity contribution is 0.970. The number of hydrogen-bond acceptors (Lipinski definition) is 4. The molecule has 1 heterocycles. The first-order valence-electron chi connectivity index (χ1n) is 6.62. The second-order valence-corrected chi connectivity index (χ2v) is 4.44. The van der Waals surface area contributed by atoms with Crippen LogP contribution in [0.5, 0.6) is 0 Å². The molecule has 0 unspecified atom stereocenters. The van der Waals surface area contributed by atoms with Gasteiger partial charge in [-0.3, -0.25) is 0 Å². The summed E-state index contributed by atoms with van der Waals surface area (Å²) < 4.78 is 0. The molecule has 0 saturated carbocycles. The van der Waals surface area contributed by atoms with E-state index in [9.17, 15) is 0 Å². The fourth-order valence-corrected chi connectivity index (χ4v) is 1.99. The third-order valence-electron chi connectivity index (χ3n) is 3.05. The molecule has 0 saturated heterocycles. The second kappa shape index (κ2) is 6.29. The van der Waals surface area contributed by atoms with Gasteiger partial charge in [0.1, 0.15) is 0 Å². The molecule has 0 aliphatic heterocycles. The maximum Gasteiger partial charge on any atom is 0.159 e. The highest BCUT2D eigenvalue weighted by atomic mass is 15.0. The first-order chi connectivity index (χ1) is 9.26. The fraction of sp³-hybridized carbons (Fsp3) is 0.333. The van der Waals surface area contributed by atoms with Gasteiger partial charge in [-0.1, -0.05) is 31.2 Å². The van der Waals surface area contributed by atoms with Crippen LogP contribution in [0, 0.1) is 6.92 Å². The van der Waals surface area contributed by atoms with E-state index in [1.807, 2.05) is 18.3 Å². The van der Waals surface area contributed by atoms with Crippen LogP contribution in [0.4, 0.5) is 5.69 Å². The maximum absolute atomic E-state index is 5.51. The number of aromatic nitrogens is 2. The number of aryl methyl sites for hydroxylation is 2. The maximum atomic E-state index is 5.51. The molecule has 0 radical (unpaired) electrons. The summed E-state index contributed by atoms with van der Waals surface area (Å²) in [6, 6.07) is 8.16. The summed E-state index contributed by atoms with van der Waals surface area (Å²) in [5, 5.41) is 3.26. The number of benzene rings is 1. The molecule has 0 amide bonds. The predicted octanol–water partition coefficient (Wildman–Crippen LogP) is 2.39.